The van der Waals surface area contributed by atoms with Gasteiger partial charge in [0.1, 0.15) is 11.3 Å². The van der Waals surface area contributed by atoms with Crippen LogP contribution in [0.25, 0.3) is 16.9 Å². The van der Waals surface area contributed by atoms with Crippen molar-refractivity contribution in [2.75, 3.05) is 12.4 Å². The number of nitrogens with one attached hydrogen (secondary N) is 2. The molecule has 4 rings (SSSR count). The Morgan fingerprint density at radius 3 is 3.04 bits per heavy atom. The van der Waals surface area contributed by atoms with E-state index in [4.69, 9.17) is 0 Å². The predicted molar refractivity (Wildman–Crippen MR) is 98.9 cm³/mol. The summed E-state index contributed by atoms with van der Waals surface area (Å²) in [5.74, 6) is -0.785. The second kappa shape index (κ2) is 6.65. The molecule has 4 aromatic rings. The van der Waals surface area contributed by atoms with Crippen molar-refractivity contribution < 1.29 is 14.3 Å². The quantitative estimate of drug-likeness (QED) is 0.524. The lowest BCUT2D eigenvalue weighted by Crippen LogP contribution is -2.13. The highest BCUT2D eigenvalue weighted by Gasteiger charge is 2.19. The van der Waals surface area contributed by atoms with Gasteiger partial charge in [0, 0.05) is 29.5 Å². The number of aryl methyl sites for hydroxylation is 1. The van der Waals surface area contributed by atoms with Gasteiger partial charge < -0.3 is 9.72 Å². The molecule has 0 fully saturated rings. The number of carbonyl (C=O) groups is 2. The highest BCUT2D eigenvalue weighted by molar-refractivity contribution is 7.14. The van der Waals surface area contributed by atoms with Gasteiger partial charge in [0.05, 0.1) is 18.5 Å². The van der Waals surface area contributed by atoms with E-state index in [2.05, 4.69) is 30.1 Å². The van der Waals surface area contributed by atoms with Crippen LogP contribution in [0.15, 0.2) is 36.1 Å². The minimum Gasteiger partial charge on any atom is -0.464 e. The van der Waals surface area contributed by atoms with Crippen LogP contribution in [0.2, 0.25) is 0 Å². The Morgan fingerprint density at radius 2 is 2.22 bits per heavy atom. The number of thiazole rings is 1. The molecule has 0 bridgehead atoms. The zero-order valence-corrected chi connectivity index (χ0v) is 15.2. The van der Waals surface area contributed by atoms with Gasteiger partial charge in [0.2, 0.25) is 0 Å². The van der Waals surface area contributed by atoms with Crippen molar-refractivity contribution in [3.05, 3.63) is 53.1 Å². The molecule has 10 heteroatoms. The van der Waals surface area contributed by atoms with Gasteiger partial charge in [-0.05, 0) is 19.1 Å². The third-order valence-corrected chi connectivity index (χ3v) is 4.66. The van der Waals surface area contributed by atoms with E-state index >= 15 is 0 Å². The standard InChI is InChI=1S/C17H14N6O3S/c1-9-13(14-18-4-3-5-23(14)22-9)15(24)21-17-20-12(8-27-17)10-6-11(19-7-10)16(25)26-2/h3-8,19H,1-2H3,(H,20,21,24). The number of aromatic nitrogens is 5. The SMILES string of the molecule is COC(=O)c1cc(-c2csc(NC(=O)c3c(C)nn4cccnc34)n2)c[nH]1. The molecule has 9 nitrogen and oxygen atoms in total. The van der Waals surface area contributed by atoms with Gasteiger partial charge in [-0.2, -0.15) is 5.10 Å². The van der Waals surface area contributed by atoms with E-state index < -0.39 is 5.97 Å². The number of hydrogen-bond acceptors (Lipinski definition) is 7. The maximum Gasteiger partial charge on any atom is 0.354 e. The number of amides is 1. The van der Waals surface area contributed by atoms with Crippen molar-refractivity contribution in [1.82, 2.24) is 24.6 Å². The van der Waals surface area contributed by atoms with Crippen LogP contribution in [0.4, 0.5) is 5.13 Å². The number of aromatic amines is 1. The second-order valence-corrected chi connectivity index (χ2v) is 6.49. The number of fused-ring (bicyclic) bond motifs is 1. The van der Waals surface area contributed by atoms with Crippen molar-refractivity contribution >= 4 is 34.0 Å². The molecule has 2 N–H and O–H groups in total. The van der Waals surface area contributed by atoms with Crippen LogP contribution in [-0.2, 0) is 4.74 Å². The van der Waals surface area contributed by atoms with Crippen LogP contribution in [0.1, 0.15) is 26.5 Å². The van der Waals surface area contributed by atoms with Crippen molar-refractivity contribution in [2.45, 2.75) is 6.92 Å². The first kappa shape index (κ1) is 16.9. The fraction of sp³-hybridized carbons (Fsp3) is 0.118. The smallest absolute Gasteiger partial charge is 0.354 e. The normalized spacial score (nSPS) is 10.9. The summed E-state index contributed by atoms with van der Waals surface area (Å²) in [6.45, 7) is 1.75. The molecule has 0 aliphatic rings. The summed E-state index contributed by atoms with van der Waals surface area (Å²) in [5, 5.41) is 9.29. The third kappa shape index (κ3) is 3.06. The Morgan fingerprint density at radius 1 is 1.37 bits per heavy atom. The van der Waals surface area contributed by atoms with E-state index in [1.165, 1.54) is 18.4 Å². The first-order chi connectivity index (χ1) is 13.1. The molecule has 0 atom stereocenters. The van der Waals surface area contributed by atoms with Crippen LogP contribution in [0, 0.1) is 6.92 Å². The van der Waals surface area contributed by atoms with E-state index in [1.54, 1.807) is 47.5 Å². The monoisotopic (exact) mass is 382 g/mol. The lowest BCUT2D eigenvalue weighted by molar-refractivity contribution is 0.0594. The molecule has 0 aliphatic heterocycles. The summed E-state index contributed by atoms with van der Waals surface area (Å²) in [6.07, 6.45) is 5.00. The highest BCUT2D eigenvalue weighted by atomic mass is 32.1. The van der Waals surface area contributed by atoms with Gasteiger partial charge in [-0.1, -0.05) is 0 Å². The summed E-state index contributed by atoms with van der Waals surface area (Å²) in [7, 11) is 1.32. The lowest BCUT2D eigenvalue weighted by Gasteiger charge is -2.00. The fourth-order valence-corrected chi connectivity index (χ4v) is 3.37. The van der Waals surface area contributed by atoms with Crippen LogP contribution >= 0.6 is 11.3 Å². The zero-order chi connectivity index (χ0) is 19.0. The van der Waals surface area contributed by atoms with Gasteiger partial charge in [-0.25, -0.2) is 19.3 Å². The van der Waals surface area contributed by atoms with E-state index in [1.807, 2.05) is 0 Å². The molecule has 0 aliphatic carbocycles. The first-order valence-electron chi connectivity index (χ1n) is 7.90. The molecule has 0 aromatic carbocycles. The molecule has 0 saturated carbocycles. The summed E-state index contributed by atoms with van der Waals surface area (Å²) < 4.78 is 6.23. The molecule has 0 saturated heterocycles. The molecular formula is C17H14N6O3S. The van der Waals surface area contributed by atoms with Gasteiger partial charge in [-0.3, -0.25) is 10.1 Å². The highest BCUT2D eigenvalue weighted by Crippen LogP contribution is 2.26. The average molecular weight is 382 g/mol. The Hall–Kier alpha value is -3.53. The topological polar surface area (TPSA) is 114 Å². The Labute approximate surface area is 157 Å². The van der Waals surface area contributed by atoms with E-state index in [0.29, 0.717) is 33.4 Å². The number of nitrogens with zero attached hydrogens (tertiary/aromatic N) is 4. The molecule has 136 valence electrons. The van der Waals surface area contributed by atoms with Crippen LogP contribution < -0.4 is 5.32 Å². The first-order valence-corrected chi connectivity index (χ1v) is 8.78. The number of methoxy groups -OCH3 is 1. The average Bonchev–Trinajstić information content (AvgIpc) is 3.38. The minimum absolute atomic E-state index is 0.327. The van der Waals surface area contributed by atoms with E-state index in [-0.39, 0.29) is 5.91 Å². The Kier molecular flexibility index (Phi) is 4.16. The number of esters is 1. The van der Waals surface area contributed by atoms with Gasteiger partial charge in [-0.15, -0.1) is 11.3 Å². The number of anilines is 1. The van der Waals surface area contributed by atoms with Crippen molar-refractivity contribution in [2.24, 2.45) is 0 Å². The number of H-pyrrole nitrogens is 1. The number of ether oxygens (including phenoxy) is 1. The molecule has 1 amide bonds. The van der Waals surface area contributed by atoms with E-state index in [0.717, 1.165) is 5.56 Å². The summed E-state index contributed by atoms with van der Waals surface area (Å²) >= 11 is 1.28. The van der Waals surface area contributed by atoms with Crippen LogP contribution in [0.3, 0.4) is 0 Å². The molecule has 4 aromatic heterocycles. The fourth-order valence-electron chi connectivity index (χ4n) is 2.66. The molecule has 27 heavy (non-hydrogen) atoms. The minimum atomic E-state index is -0.457. The summed E-state index contributed by atoms with van der Waals surface area (Å²) in [6, 6.07) is 3.39. The molecule has 0 radical (unpaired) electrons. The maximum atomic E-state index is 12.7. The van der Waals surface area contributed by atoms with Gasteiger partial charge in [0.25, 0.3) is 5.91 Å². The van der Waals surface area contributed by atoms with Crippen molar-refractivity contribution in [3.8, 4) is 11.3 Å². The molecule has 0 unspecified atom stereocenters. The predicted octanol–water partition coefficient (Wildman–Crippen LogP) is 2.53. The van der Waals surface area contributed by atoms with Crippen molar-refractivity contribution in [3.63, 3.8) is 0 Å². The Bertz CT molecular complexity index is 1160. The maximum absolute atomic E-state index is 12.7. The molecule has 4 heterocycles. The van der Waals surface area contributed by atoms with E-state index in [9.17, 15) is 9.59 Å². The molecule has 0 spiro atoms. The van der Waals surface area contributed by atoms with Crippen LogP contribution in [-0.4, -0.2) is 43.6 Å². The zero-order valence-electron chi connectivity index (χ0n) is 14.4. The van der Waals surface area contributed by atoms with Gasteiger partial charge >= 0.3 is 5.97 Å². The summed E-state index contributed by atoms with van der Waals surface area (Å²) in [5.41, 5.74) is 3.16. The summed E-state index contributed by atoms with van der Waals surface area (Å²) in [4.78, 5) is 35.7. The van der Waals surface area contributed by atoms with Crippen LogP contribution in [0.5, 0.6) is 0 Å². The second-order valence-electron chi connectivity index (χ2n) is 5.63. The molecular weight excluding hydrogens is 368 g/mol. The largest absolute Gasteiger partial charge is 0.464 e. The third-order valence-electron chi connectivity index (χ3n) is 3.91. The Balaban J connectivity index is 1.57. The lowest BCUT2D eigenvalue weighted by atomic mass is 10.2. The van der Waals surface area contributed by atoms with Gasteiger partial charge in [0.15, 0.2) is 10.8 Å². The number of rotatable bonds is 4. The number of hydrogen-bond donors (Lipinski definition) is 2. The number of carbonyl (C=O) groups excluding carboxylic acids is 2. The van der Waals surface area contributed by atoms with Crippen molar-refractivity contribution in [1.29, 1.82) is 0 Å².